The maximum absolute atomic E-state index is 10.9. The van der Waals surface area contributed by atoms with Gasteiger partial charge in [0.15, 0.2) is 0 Å². The molecule has 0 atom stereocenters. The van der Waals surface area contributed by atoms with E-state index in [-0.39, 0.29) is 12.3 Å². The van der Waals surface area contributed by atoms with Crippen molar-refractivity contribution >= 4 is 5.91 Å². The minimum absolute atomic E-state index is 0.208. The molecule has 0 aromatic heterocycles. The molecule has 11 heavy (non-hydrogen) atoms. The van der Waals surface area contributed by atoms with Crippen LogP contribution in [0.4, 0.5) is 0 Å². The van der Waals surface area contributed by atoms with Crippen molar-refractivity contribution in [2.24, 2.45) is 0 Å². The molecule has 0 aromatic rings. The number of amides is 1. The zero-order chi connectivity index (χ0) is 8.86. The number of hydrogen-bond acceptors (Lipinski definition) is 3. The highest BCUT2D eigenvalue weighted by Crippen LogP contribution is 2.40. The van der Waals surface area contributed by atoms with Gasteiger partial charge in [-0.05, 0) is 13.8 Å². The lowest BCUT2D eigenvalue weighted by Crippen LogP contribution is -2.72. The quantitative estimate of drug-likeness (QED) is 0.475. The average molecular weight is 159 g/mol. The summed E-state index contributed by atoms with van der Waals surface area (Å²) in [5, 5.41) is 18.3. The Hall–Kier alpha value is -0.610. The standard InChI is InChI=1S/C7H13NO3/c1-5(9)8-6(2,3)4-7(8,10)11/h10-11H,4H2,1-3H3. The van der Waals surface area contributed by atoms with Crippen molar-refractivity contribution in [2.75, 3.05) is 0 Å². The topological polar surface area (TPSA) is 60.8 Å². The van der Waals surface area contributed by atoms with Gasteiger partial charge < -0.3 is 10.2 Å². The van der Waals surface area contributed by atoms with Crippen LogP contribution in [0.3, 0.4) is 0 Å². The molecule has 4 heteroatoms. The normalized spacial score (nSPS) is 26.1. The molecule has 0 aliphatic carbocycles. The van der Waals surface area contributed by atoms with Crippen LogP contribution in [0.15, 0.2) is 0 Å². The number of carbonyl (C=O) groups excluding carboxylic acids is 1. The van der Waals surface area contributed by atoms with E-state index in [9.17, 15) is 4.79 Å². The fourth-order valence-corrected chi connectivity index (χ4v) is 1.81. The number of hydrogen-bond donors (Lipinski definition) is 2. The number of likely N-dealkylation sites (tertiary alicyclic amines) is 1. The van der Waals surface area contributed by atoms with Gasteiger partial charge in [0.05, 0.1) is 0 Å². The second-order valence-corrected chi connectivity index (χ2v) is 3.62. The first-order chi connectivity index (χ1) is 4.77. The van der Waals surface area contributed by atoms with Gasteiger partial charge in [0.2, 0.25) is 5.91 Å². The predicted octanol–water partition coefficient (Wildman–Crippen LogP) is -0.344. The van der Waals surface area contributed by atoms with Crippen molar-refractivity contribution < 1.29 is 15.0 Å². The molecule has 1 amide bonds. The van der Waals surface area contributed by atoms with E-state index < -0.39 is 11.4 Å². The highest BCUT2D eigenvalue weighted by Gasteiger charge is 2.56. The molecule has 1 saturated heterocycles. The summed E-state index contributed by atoms with van der Waals surface area (Å²) in [4.78, 5) is 11.9. The van der Waals surface area contributed by atoms with Crippen molar-refractivity contribution in [1.29, 1.82) is 0 Å². The van der Waals surface area contributed by atoms with E-state index in [0.29, 0.717) is 0 Å². The van der Waals surface area contributed by atoms with Crippen LogP contribution in [0.5, 0.6) is 0 Å². The Morgan fingerprint density at radius 2 is 1.91 bits per heavy atom. The van der Waals surface area contributed by atoms with Crippen LogP contribution in [0, 0.1) is 0 Å². The highest BCUT2D eigenvalue weighted by atomic mass is 16.5. The van der Waals surface area contributed by atoms with Crippen molar-refractivity contribution in [1.82, 2.24) is 4.90 Å². The minimum Gasteiger partial charge on any atom is -0.349 e. The zero-order valence-corrected chi connectivity index (χ0v) is 6.96. The van der Waals surface area contributed by atoms with E-state index in [1.807, 2.05) is 0 Å². The molecule has 0 bridgehead atoms. The first-order valence-corrected chi connectivity index (χ1v) is 3.53. The third kappa shape index (κ3) is 1.12. The van der Waals surface area contributed by atoms with Gasteiger partial charge in [-0.3, -0.25) is 9.69 Å². The molecule has 1 heterocycles. The largest absolute Gasteiger partial charge is 0.349 e. The molecule has 1 fully saturated rings. The van der Waals surface area contributed by atoms with E-state index >= 15 is 0 Å². The molecule has 1 aliphatic heterocycles. The van der Waals surface area contributed by atoms with Crippen molar-refractivity contribution in [3.05, 3.63) is 0 Å². The Morgan fingerprint density at radius 1 is 1.45 bits per heavy atom. The smallest absolute Gasteiger partial charge is 0.251 e. The highest BCUT2D eigenvalue weighted by molar-refractivity contribution is 5.75. The van der Waals surface area contributed by atoms with E-state index in [2.05, 4.69) is 0 Å². The molecule has 1 rings (SSSR count). The number of nitrogens with zero attached hydrogens (tertiary/aromatic N) is 1. The summed E-state index contributed by atoms with van der Waals surface area (Å²) in [5.74, 6) is -2.23. The summed E-state index contributed by atoms with van der Waals surface area (Å²) in [6.45, 7) is 4.90. The Bertz CT molecular complexity index is 184. The van der Waals surface area contributed by atoms with E-state index in [1.165, 1.54) is 6.92 Å². The fourth-order valence-electron chi connectivity index (χ4n) is 1.81. The zero-order valence-electron chi connectivity index (χ0n) is 6.96. The number of rotatable bonds is 0. The molecule has 2 N–H and O–H groups in total. The second kappa shape index (κ2) is 1.95. The molecule has 1 aliphatic rings. The van der Waals surface area contributed by atoms with Gasteiger partial charge in [-0.25, -0.2) is 0 Å². The first kappa shape index (κ1) is 8.49. The van der Waals surface area contributed by atoms with Gasteiger partial charge in [-0.15, -0.1) is 0 Å². The van der Waals surface area contributed by atoms with E-state index in [1.54, 1.807) is 13.8 Å². The van der Waals surface area contributed by atoms with Crippen molar-refractivity contribution in [3.63, 3.8) is 0 Å². The lowest BCUT2D eigenvalue weighted by molar-refractivity contribution is -0.349. The lowest BCUT2D eigenvalue weighted by Gasteiger charge is -2.56. The Morgan fingerprint density at radius 3 is 2.00 bits per heavy atom. The summed E-state index contributed by atoms with van der Waals surface area (Å²) >= 11 is 0. The summed E-state index contributed by atoms with van der Waals surface area (Å²) in [5.41, 5.74) is -0.421. The minimum atomic E-state index is -1.92. The summed E-state index contributed by atoms with van der Waals surface area (Å²) in [6, 6.07) is 0. The van der Waals surface area contributed by atoms with Crippen molar-refractivity contribution in [3.8, 4) is 0 Å². The van der Waals surface area contributed by atoms with Gasteiger partial charge in [0.1, 0.15) is 0 Å². The van der Waals surface area contributed by atoms with Crippen LogP contribution < -0.4 is 0 Å². The lowest BCUT2D eigenvalue weighted by atomic mass is 9.84. The van der Waals surface area contributed by atoms with Gasteiger partial charge in [0, 0.05) is 18.9 Å². The van der Waals surface area contributed by atoms with Gasteiger partial charge in [0.25, 0.3) is 5.91 Å². The van der Waals surface area contributed by atoms with Gasteiger partial charge >= 0.3 is 0 Å². The predicted molar refractivity (Wildman–Crippen MR) is 38.4 cm³/mol. The Balaban J connectivity index is 2.81. The van der Waals surface area contributed by atoms with E-state index in [4.69, 9.17) is 10.2 Å². The molecule has 0 saturated carbocycles. The van der Waals surface area contributed by atoms with Crippen molar-refractivity contribution in [2.45, 2.75) is 38.6 Å². The Labute approximate surface area is 65.4 Å². The molecular formula is C7H13NO3. The number of aliphatic hydroxyl groups is 2. The summed E-state index contributed by atoms with van der Waals surface area (Å²) in [7, 11) is 0. The maximum Gasteiger partial charge on any atom is 0.251 e. The third-order valence-corrected chi connectivity index (χ3v) is 1.95. The molecule has 64 valence electrons. The molecular weight excluding hydrogens is 146 g/mol. The van der Waals surface area contributed by atoms with Crippen LogP contribution in [-0.2, 0) is 4.79 Å². The number of carbonyl (C=O) groups is 1. The third-order valence-electron chi connectivity index (χ3n) is 1.95. The average Bonchev–Trinajstić information content (AvgIpc) is 1.53. The van der Waals surface area contributed by atoms with Gasteiger partial charge in [-0.1, -0.05) is 0 Å². The van der Waals surface area contributed by atoms with E-state index in [0.717, 1.165) is 4.90 Å². The maximum atomic E-state index is 10.9. The first-order valence-electron chi connectivity index (χ1n) is 3.53. The van der Waals surface area contributed by atoms with Crippen LogP contribution >= 0.6 is 0 Å². The molecule has 4 nitrogen and oxygen atoms in total. The Kier molecular flexibility index (Phi) is 1.51. The summed E-state index contributed by atoms with van der Waals surface area (Å²) < 4.78 is 0. The molecule has 0 radical (unpaired) electrons. The van der Waals surface area contributed by atoms with Crippen LogP contribution in [0.25, 0.3) is 0 Å². The molecule has 0 unspecified atom stereocenters. The second-order valence-electron chi connectivity index (χ2n) is 3.62. The van der Waals surface area contributed by atoms with Crippen LogP contribution in [0.1, 0.15) is 27.2 Å². The SMILES string of the molecule is CC(=O)N1C(C)(C)CC1(O)O. The van der Waals surface area contributed by atoms with Crippen LogP contribution in [-0.4, -0.2) is 32.5 Å². The molecule has 0 spiro atoms. The monoisotopic (exact) mass is 159 g/mol. The summed E-state index contributed by atoms with van der Waals surface area (Å²) in [6.07, 6.45) is 0.208. The van der Waals surface area contributed by atoms with Gasteiger partial charge in [-0.2, -0.15) is 0 Å². The molecule has 0 aromatic carbocycles. The fraction of sp³-hybridized carbons (Fsp3) is 0.857. The van der Waals surface area contributed by atoms with Crippen LogP contribution in [0.2, 0.25) is 0 Å².